The smallest absolute Gasteiger partial charge is 0.260 e. The van der Waals surface area contributed by atoms with Crippen molar-refractivity contribution in [2.75, 3.05) is 13.2 Å². The normalized spacial score (nSPS) is 11.9. The van der Waals surface area contributed by atoms with Crippen LogP contribution >= 0.6 is 0 Å². The van der Waals surface area contributed by atoms with Gasteiger partial charge in [0.05, 0.1) is 6.21 Å². The summed E-state index contributed by atoms with van der Waals surface area (Å²) in [6.45, 7) is 1.62. The molecule has 3 N–H and O–H groups in total. The van der Waals surface area contributed by atoms with Gasteiger partial charge in [0, 0.05) is 18.9 Å². The number of nitrogens with zero attached hydrogens (tertiary/aromatic N) is 1. The molecule has 1 unspecified atom stereocenters. The van der Waals surface area contributed by atoms with Crippen LogP contribution < -0.4 is 11.1 Å². The Morgan fingerprint density at radius 1 is 1.27 bits per heavy atom. The standard InChI is InChI=1S/C18H24FN3O4/c1-13(23)10-15(18(20)25)4-2-3-9-21-17(24)12-26-22-11-14-5-7-16(19)8-6-14/h5-8,11,15H,2-4,9-10,12H2,1H3,(H2,20,25)(H,21,24)/b22-11+/i19-1. The van der Waals surface area contributed by atoms with Crippen LogP contribution in [-0.2, 0) is 19.2 Å². The number of nitrogens with two attached hydrogens (primary N) is 1. The third-order valence-electron chi connectivity index (χ3n) is 3.58. The third kappa shape index (κ3) is 9.51. The van der Waals surface area contributed by atoms with E-state index in [1.807, 2.05) is 0 Å². The average molecular weight is 364 g/mol. The highest BCUT2D eigenvalue weighted by Gasteiger charge is 2.16. The Balaban J connectivity index is 2.13. The van der Waals surface area contributed by atoms with Crippen LogP contribution in [0.3, 0.4) is 0 Å². The molecule has 0 heterocycles. The van der Waals surface area contributed by atoms with Crippen LogP contribution in [0.15, 0.2) is 29.4 Å². The molecule has 1 atom stereocenters. The average Bonchev–Trinajstić information content (AvgIpc) is 2.58. The zero-order chi connectivity index (χ0) is 19.4. The second-order valence-electron chi connectivity index (χ2n) is 5.91. The highest BCUT2D eigenvalue weighted by atomic mass is 18.2. The van der Waals surface area contributed by atoms with Gasteiger partial charge in [-0.3, -0.25) is 9.59 Å². The highest BCUT2D eigenvalue weighted by molar-refractivity contribution is 5.84. The van der Waals surface area contributed by atoms with Crippen molar-refractivity contribution >= 4 is 23.8 Å². The number of carbonyl (C=O) groups is 3. The Kier molecular flexibility index (Phi) is 9.59. The number of carbonyl (C=O) groups excluding carboxylic acids is 3. The molecule has 0 aliphatic heterocycles. The van der Waals surface area contributed by atoms with Gasteiger partial charge in [-0.25, -0.2) is 4.39 Å². The number of unbranched alkanes of at least 4 members (excludes halogenated alkanes) is 1. The molecule has 1 rings (SSSR count). The SMILES string of the molecule is CC(=O)CC(CCCCNC(=O)CO/N=C/c1ccc([18F])cc1)C(N)=O. The Morgan fingerprint density at radius 2 is 1.96 bits per heavy atom. The minimum absolute atomic E-state index is 0.0690. The topological polar surface area (TPSA) is 111 Å². The van der Waals surface area contributed by atoms with E-state index in [1.54, 1.807) is 0 Å². The summed E-state index contributed by atoms with van der Waals surface area (Å²) in [6, 6.07) is 5.67. The van der Waals surface area contributed by atoms with E-state index in [4.69, 9.17) is 10.6 Å². The fourth-order valence-electron chi connectivity index (χ4n) is 2.23. The molecule has 0 spiro atoms. The van der Waals surface area contributed by atoms with E-state index in [2.05, 4.69) is 10.5 Å². The first-order valence-corrected chi connectivity index (χ1v) is 8.35. The molecule has 26 heavy (non-hydrogen) atoms. The fourth-order valence-corrected chi connectivity index (χ4v) is 2.23. The van der Waals surface area contributed by atoms with Crippen molar-refractivity contribution in [1.29, 1.82) is 0 Å². The van der Waals surface area contributed by atoms with Crippen molar-refractivity contribution in [3.05, 3.63) is 35.6 Å². The summed E-state index contributed by atoms with van der Waals surface area (Å²) >= 11 is 0. The Bertz CT molecular complexity index is 632. The predicted molar refractivity (Wildman–Crippen MR) is 94.8 cm³/mol. The Labute approximate surface area is 151 Å². The number of amides is 2. The van der Waals surface area contributed by atoms with E-state index in [0.29, 0.717) is 31.4 Å². The van der Waals surface area contributed by atoms with Crippen molar-refractivity contribution in [2.45, 2.75) is 32.6 Å². The van der Waals surface area contributed by atoms with Crippen LogP contribution in [-0.4, -0.2) is 37.0 Å². The number of hydrogen-bond donors (Lipinski definition) is 2. The number of hydrogen-bond acceptors (Lipinski definition) is 5. The lowest BCUT2D eigenvalue weighted by Gasteiger charge is -2.11. The first kappa shape index (κ1) is 21.3. The Hall–Kier alpha value is -2.77. The van der Waals surface area contributed by atoms with Crippen molar-refractivity contribution in [3.63, 3.8) is 0 Å². The van der Waals surface area contributed by atoms with E-state index in [0.717, 1.165) is 0 Å². The fraction of sp³-hybridized carbons (Fsp3) is 0.444. The first-order chi connectivity index (χ1) is 12.4. The van der Waals surface area contributed by atoms with Crippen LogP contribution in [0.2, 0.25) is 0 Å². The lowest BCUT2D eigenvalue weighted by molar-refractivity contribution is -0.126. The van der Waals surface area contributed by atoms with Gasteiger partial charge in [-0.1, -0.05) is 23.7 Å². The largest absolute Gasteiger partial charge is 0.386 e. The summed E-state index contributed by atoms with van der Waals surface area (Å²) in [4.78, 5) is 38.7. The number of primary amides is 1. The van der Waals surface area contributed by atoms with E-state index in [-0.39, 0.29) is 30.5 Å². The zero-order valence-electron chi connectivity index (χ0n) is 14.7. The molecule has 0 saturated heterocycles. The molecule has 0 saturated carbocycles. The van der Waals surface area contributed by atoms with E-state index >= 15 is 0 Å². The van der Waals surface area contributed by atoms with Gasteiger partial charge in [-0.2, -0.15) is 0 Å². The van der Waals surface area contributed by atoms with E-state index < -0.39 is 11.8 Å². The minimum Gasteiger partial charge on any atom is -0.386 e. The summed E-state index contributed by atoms with van der Waals surface area (Å²) in [7, 11) is 0. The predicted octanol–water partition coefficient (Wildman–Crippen LogP) is 1.54. The van der Waals surface area contributed by atoms with Gasteiger partial charge >= 0.3 is 0 Å². The summed E-state index contributed by atoms with van der Waals surface area (Å²) in [6.07, 6.45) is 3.38. The lowest BCUT2D eigenvalue weighted by Crippen LogP contribution is -2.28. The molecule has 1 aromatic carbocycles. The van der Waals surface area contributed by atoms with Gasteiger partial charge in [0.2, 0.25) is 5.91 Å². The summed E-state index contributed by atoms with van der Waals surface area (Å²) in [5.74, 6) is -1.66. The molecule has 7 nitrogen and oxygen atoms in total. The van der Waals surface area contributed by atoms with Gasteiger partial charge in [-0.15, -0.1) is 0 Å². The monoisotopic (exact) mass is 364 g/mol. The van der Waals surface area contributed by atoms with Crippen LogP contribution in [0.5, 0.6) is 0 Å². The van der Waals surface area contributed by atoms with Gasteiger partial charge in [-0.05, 0) is 37.5 Å². The van der Waals surface area contributed by atoms with Crippen LogP contribution in [0, 0.1) is 11.7 Å². The van der Waals surface area contributed by atoms with Crippen molar-refractivity contribution < 1.29 is 23.6 Å². The highest BCUT2D eigenvalue weighted by Crippen LogP contribution is 2.12. The summed E-state index contributed by atoms with van der Waals surface area (Å²) in [5.41, 5.74) is 5.91. The molecule has 142 valence electrons. The number of rotatable bonds is 12. The maximum absolute atomic E-state index is 12.7. The molecule has 1 aromatic rings. The summed E-state index contributed by atoms with van der Waals surface area (Å²) < 4.78 is 12.7. The molecule has 8 heteroatoms. The Morgan fingerprint density at radius 3 is 2.58 bits per heavy atom. The van der Waals surface area contributed by atoms with Crippen molar-refractivity contribution in [3.8, 4) is 0 Å². The maximum atomic E-state index is 12.7. The molecule has 0 aliphatic carbocycles. The maximum Gasteiger partial charge on any atom is 0.260 e. The van der Waals surface area contributed by atoms with Crippen molar-refractivity contribution in [2.24, 2.45) is 16.8 Å². The number of halogens is 1. The van der Waals surface area contributed by atoms with Gasteiger partial charge < -0.3 is 20.7 Å². The van der Waals surface area contributed by atoms with Crippen molar-refractivity contribution in [1.82, 2.24) is 5.32 Å². The molecule has 2 amide bonds. The van der Waals surface area contributed by atoms with Crippen LogP contribution in [0.1, 0.15) is 38.2 Å². The second kappa shape index (κ2) is 11.7. The van der Waals surface area contributed by atoms with Gasteiger partial charge in [0.25, 0.3) is 5.91 Å². The molecule has 0 radical (unpaired) electrons. The number of ketones is 1. The minimum atomic E-state index is -0.475. The van der Waals surface area contributed by atoms with E-state index in [9.17, 15) is 18.8 Å². The number of oxime groups is 1. The van der Waals surface area contributed by atoms with Crippen LogP contribution in [0.4, 0.5) is 4.39 Å². The second-order valence-corrected chi connectivity index (χ2v) is 5.91. The molecular formula is C18H24FN3O4. The lowest BCUT2D eigenvalue weighted by atomic mass is 9.96. The first-order valence-electron chi connectivity index (χ1n) is 8.35. The number of nitrogens with one attached hydrogen (secondary N) is 1. The summed E-state index contributed by atoms with van der Waals surface area (Å²) in [5, 5.41) is 6.30. The van der Waals surface area contributed by atoms with Gasteiger partial charge in [0.15, 0.2) is 6.61 Å². The quantitative estimate of drug-likeness (QED) is 0.333. The molecule has 0 fully saturated rings. The zero-order valence-corrected chi connectivity index (χ0v) is 14.7. The molecule has 0 aromatic heterocycles. The molecule has 0 bridgehead atoms. The van der Waals surface area contributed by atoms with Gasteiger partial charge in [0.1, 0.15) is 11.6 Å². The number of benzene rings is 1. The molecule has 0 aliphatic rings. The molecular weight excluding hydrogens is 340 g/mol. The number of Topliss-reactive ketones (excluding diaryl/α,β-unsaturated/α-hetero) is 1. The van der Waals surface area contributed by atoms with E-state index in [1.165, 1.54) is 37.4 Å². The van der Waals surface area contributed by atoms with Crippen LogP contribution in [0.25, 0.3) is 0 Å². The third-order valence-corrected chi connectivity index (χ3v) is 3.58.